The molecule has 1 atom stereocenters. The van der Waals surface area contributed by atoms with Gasteiger partial charge in [0.15, 0.2) is 0 Å². The van der Waals surface area contributed by atoms with Crippen molar-refractivity contribution in [2.24, 2.45) is 0 Å². The third-order valence-electron chi connectivity index (χ3n) is 2.76. The quantitative estimate of drug-likeness (QED) is 0.751. The molecule has 1 fully saturated rings. The SMILES string of the molecule is N#Cc1ccc(N2CCC[C@H](O)C2)cc1. The molecule has 1 saturated heterocycles. The predicted octanol–water partition coefficient (Wildman–Crippen LogP) is 1.52. The van der Waals surface area contributed by atoms with E-state index in [1.165, 1.54) is 0 Å². The Kier molecular flexibility index (Phi) is 2.89. The Hall–Kier alpha value is -1.53. The minimum absolute atomic E-state index is 0.214. The maximum Gasteiger partial charge on any atom is 0.0991 e. The molecule has 0 aliphatic carbocycles. The average Bonchev–Trinajstić information content (AvgIpc) is 2.29. The predicted molar refractivity (Wildman–Crippen MR) is 58.6 cm³/mol. The highest BCUT2D eigenvalue weighted by Gasteiger charge is 2.17. The van der Waals surface area contributed by atoms with Crippen molar-refractivity contribution in [2.45, 2.75) is 18.9 Å². The first-order chi connectivity index (χ1) is 7.29. The van der Waals surface area contributed by atoms with Gasteiger partial charge < -0.3 is 10.0 Å². The van der Waals surface area contributed by atoms with Crippen LogP contribution in [0.1, 0.15) is 18.4 Å². The lowest BCUT2D eigenvalue weighted by atomic mass is 10.1. The molecule has 2 rings (SSSR count). The van der Waals surface area contributed by atoms with Crippen LogP contribution in [0.15, 0.2) is 24.3 Å². The number of rotatable bonds is 1. The molecule has 15 heavy (non-hydrogen) atoms. The summed E-state index contributed by atoms with van der Waals surface area (Å²) in [6.07, 6.45) is 1.71. The van der Waals surface area contributed by atoms with E-state index in [0.717, 1.165) is 25.1 Å². The molecule has 0 amide bonds. The molecule has 1 heterocycles. The van der Waals surface area contributed by atoms with E-state index in [0.29, 0.717) is 12.1 Å². The molecule has 3 heteroatoms. The zero-order chi connectivity index (χ0) is 10.7. The average molecular weight is 202 g/mol. The van der Waals surface area contributed by atoms with E-state index in [2.05, 4.69) is 11.0 Å². The Labute approximate surface area is 89.6 Å². The minimum Gasteiger partial charge on any atom is -0.391 e. The fourth-order valence-electron chi connectivity index (χ4n) is 1.94. The largest absolute Gasteiger partial charge is 0.391 e. The van der Waals surface area contributed by atoms with E-state index in [4.69, 9.17) is 5.26 Å². The summed E-state index contributed by atoms with van der Waals surface area (Å²) < 4.78 is 0. The normalized spacial score (nSPS) is 21.1. The summed E-state index contributed by atoms with van der Waals surface area (Å²) in [5, 5.41) is 18.2. The highest BCUT2D eigenvalue weighted by Crippen LogP contribution is 2.20. The van der Waals surface area contributed by atoms with Crippen LogP contribution in [0.5, 0.6) is 0 Å². The van der Waals surface area contributed by atoms with Crippen LogP contribution in [0.3, 0.4) is 0 Å². The van der Waals surface area contributed by atoms with Gasteiger partial charge in [0.25, 0.3) is 0 Å². The zero-order valence-electron chi connectivity index (χ0n) is 8.56. The van der Waals surface area contributed by atoms with Gasteiger partial charge in [0.2, 0.25) is 0 Å². The van der Waals surface area contributed by atoms with Crippen molar-refractivity contribution in [3.8, 4) is 6.07 Å². The Morgan fingerprint density at radius 1 is 1.33 bits per heavy atom. The second-order valence-electron chi connectivity index (χ2n) is 3.90. The number of piperidine rings is 1. The van der Waals surface area contributed by atoms with E-state index in [1.807, 2.05) is 24.3 Å². The van der Waals surface area contributed by atoms with E-state index >= 15 is 0 Å². The molecule has 1 aliphatic heterocycles. The van der Waals surface area contributed by atoms with E-state index in [-0.39, 0.29) is 6.10 Å². The van der Waals surface area contributed by atoms with Gasteiger partial charge in [-0.25, -0.2) is 0 Å². The Balaban J connectivity index is 2.12. The van der Waals surface area contributed by atoms with Crippen LogP contribution in [0.25, 0.3) is 0 Å². The molecule has 3 nitrogen and oxygen atoms in total. The summed E-state index contributed by atoms with van der Waals surface area (Å²) >= 11 is 0. The number of nitriles is 1. The number of β-amino-alcohol motifs (C(OH)–C–C–N with tert-alkyl or cyclic N) is 1. The van der Waals surface area contributed by atoms with Gasteiger partial charge in [-0.2, -0.15) is 5.26 Å². The Bertz CT molecular complexity index is 366. The van der Waals surface area contributed by atoms with Crippen molar-refractivity contribution in [2.75, 3.05) is 18.0 Å². The van der Waals surface area contributed by atoms with Gasteiger partial charge in [0.1, 0.15) is 0 Å². The first-order valence-corrected chi connectivity index (χ1v) is 5.23. The van der Waals surface area contributed by atoms with Gasteiger partial charge >= 0.3 is 0 Å². The van der Waals surface area contributed by atoms with E-state index < -0.39 is 0 Å². The maximum absolute atomic E-state index is 9.55. The summed E-state index contributed by atoms with van der Waals surface area (Å²) in [6, 6.07) is 9.61. The first kappa shape index (κ1) is 10.0. The fraction of sp³-hybridized carbons (Fsp3) is 0.417. The van der Waals surface area contributed by atoms with E-state index in [1.54, 1.807) is 0 Å². The molecule has 1 N–H and O–H groups in total. The van der Waals surface area contributed by atoms with E-state index in [9.17, 15) is 5.11 Å². The van der Waals surface area contributed by atoms with Crippen LogP contribution in [0.4, 0.5) is 5.69 Å². The molecule has 1 aromatic carbocycles. The van der Waals surface area contributed by atoms with Crippen molar-refractivity contribution in [1.82, 2.24) is 0 Å². The molecule has 0 saturated carbocycles. The van der Waals surface area contributed by atoms with Gasteiger partial charge in [-0.05, 0) is 37.1 Å². The minimum atomic E-state index is -0.214. The highest BCUT2D eigenvalue weighted by molar-refractivity contribution is 5.50. The third-order valence-corrected chi connectivity index (χ3v) is 2.76. The van der Waals surface area contributed by atoms with Crippen LogP contribution in [-0.2, 0) is 0 Å². The summed E-state index contributed by atoms with van der Waals surface area (Å²) in [7, 11) is 0. The third kappa shape index (κ3) is 2.28. The van der Waals surface area contributed by atoms with Gasteiger partial charge in [-0.1, -0.05) is 0 Å². The van der Waals surface area contributed by atoms with Gasteiger partial charge in [-0.15, -0.1) is 0 Å². The van der Waals surface area contributed by atoms with Crippen LogP contribution in [0.2, 0.25) is 0 Å². The smallest absolute Gasteiger partial charge is 0.0991 e. The number of aliphatic hydroxyl groups is 1. The second-order valence-corrected chi connectivity index (χ2v) is 3.90. The monoisotopic (exact) mass is 202 g/mol. The molecule has 0 radical (unpaired) electrons. The molecule has 0 spiro atoms. The van der Waals surface area contributed by atoms with Gasteiger partial charge in [0, 0.05) is 18.8 Å². The lowest BCUT2D eigenvalue weighted by molar-refractivity contribution is 0.154. The van der Waals surface area contributed by atoms with Crippen molar-refractivity contribution >= 4 is 5.69 Å². The second kappa shape index (κ2) is 4.33. The van der Waals surface area contributed by atoms with Crippen molar-refractivity contribution in [1.29, 1.82) is 5.26 Å². The lowest BCUT2D eigenvalue weighted by Gasteiger charge is -2.31. The zero-order valence-corrected chi connectivity index (χ0v) is 8.56. The topological polar surface area (TPSA) is 47.3 Å². The number of benzene rings is 1. The highest BCUT2D eigenvalue weighted by atomic mass is 16.3. The number of anilines is 1. The first-order valence-electron chi connectivity index (χ1n) is 5.23. The summed E-state index contributed by atoms with van der Waals surface area (Å²) in [6.45, 7) is 1.69. The standard InChI is InChI=1S/C12H14N2O/c13-8-10-3-5-11(6-4-10)14-7-1-2-12(15)9-14/h3-6,12,15H,1-2,7,9H2/t12-/m0/s1. The molecule has 0 aromatic heterocycles. The number of hydrogen-bond donors (Lipinski definition) is 1. The fourth-order valence-corrected chi connectivity index (χ4v) is 1.94. The van der Waals surface area contributed by atoms with Crippen LogP contribution in [0, 0.1) is 11.3 Å². The maximum atomic E-state index is 9.55. The Morgan fingerprint density at radius 3 is 2.67 bits per heavy atom. The molecule has 1 aromatic rings. The lowest BCUT2D eigenvalue weighted by Crippen LogP contribution is -2.38. The van der Waals surface area contributed by atoms with Crippen LogP contribution >= 0.6 is 0 Å². The molecular formula is C12H14N2O. The number of aliphatic hydroxyl groups excluding tert-OH is 1. The number of hydrogen-bond acceptors (Lipinski definition) is 3. The molecule has 1 aliphatic rings. The molecule has 78 valence electrons. The van der Waals surface area contributed by atoms with Crippen LogP contribution < -0.4 is 4.90 Å². The van der Waals surface area contributed by atoms with Crippen LogP contribution in [-0.4, -0.2) is 24.3 Å². The molecule has 0 bridgehead atoms. The van der Waals surface area contributed by atoms with Crippen molar-refractivity contribution < 1.29 is 5.11 Å². The number of nitrogens with zero attached hydrogens (tertiary/aromatic N) is 2. The van der Waals surface area contributed by atoms with Crippen molar-refractivity contribution in [3.05, 3.63) is 29.8 Å². The van der Waals surface area contributed by atoms with Gasteiger partial charge in [-0.3, -0.25) is 0 Å². The van der Waals surface area contributed by atoms with Gasteiger partial charge in [0.05, 0.1) is 17.7 Å². The Morgan fingerprint density at radius 2 is 2.07 bits per heavy atom. The summed E-state index contributed by atoms with van der Waals surface area (Å²) in [5.74, 6) is 0. The summed E-state index contributed by atoms with van der Waals surface area (Å²) in [4.78, 5) is 2.16. The van der Waals surface area contributed by atoms with Crippen molar-refractivity contribution in [3.63, 3.8) is 0 Å². The summed E-state index contributed by atoms with van der Waals surface area (Å²) in [5.41, 5.74) is 1.77. The molecule has 0 unspecified atom stereocenters. The molecular weight excluding hydrogens is 188 g/mol.